The summed E-state index contributed by atoms with van der Waals surface area (Å²) >= 11 is 0. The summed E-state index contributed by atoms with van der Waals surface area (Å²) in [5, 5.41) is 10.2. The molecular formula is C11H20OSi. The van der Waals surface area contributed by atoms with Crippen LogP contribution in [0.15, 0.2) is 0 Å². The third kappa shape index (κ3) is 0.676. The second kappa shape index (κ2) is 2.06. The molecule has 0 aromatic heterocycles. The van der Waals surface area contributed by atoms with E-state index < -0.39 is 8.07 Å². The van der Waals surface area contributed by atoms with E-state index in [1.165, 1.54) is 12.8 Å². The Morgan fingerprint density at radius 2 is 1.77 bits per heavy atom. The fourth-order valence-corrected chi connectivity index (χ4v) is 9.49. The van der Waals surface area contributed by atoms with Crippen LogP contribution in [0.4, 0.5) is 0 Å². The average Bonchev–Trinajstić information content (AvgIpc) is 2.48. The van der Waals surface area contributed by atoms with Crippen molar-refractivity contribution < 1.29 is 5.11 Å². The molecule has 0 aromatic carbocycles. The highest BCUT2D eigenvalue weighted by molar-refractivity contribution is 6.80. The Bertz CT molecular complexity index is 243. The number of hydrogen-bond donors (Lipinski definition) is 1. The summed E-state index contributed by atoms with van der Waals surface area (Å²) in [6, 6.07) is 0. The van der Waals surface area contributed by atoms with Crippen LogP contribution in [-0.4, -0.2) is 19.8 Å². The van der Waals surface area contributed by atoms with Gasteiger partial charge in [0.05, 0.1) is 8.07 Å². The smallest absolute Gasteiger partial charge is 0.0517 e. The fourth-order valence-electron chi connectivity index (χ4n) is 5.27. The Morgan fingerprint density at radius 1 is 1.23 bits per heavy atom. The Morgan fingerprint density at radius 3 is 2.08 bits per heavy atom. The highest BCUT2D eigenvalue weighted by atomic mass is 28.3. The van der Waals surface area contributed by atoms with E-state index in [4.69, 9.17) is 0 Å². The topological polar surface area (TPSA) is 20.2 Å². The first-order chi connectivity index (χ1) is 6.03. The standard InChI is InChI=1S/C11H20OSi/c1-13(2,3)11-8-4-7(5-9(8)11)10(11)6-12/h7-10,12H,4-6H2,1-3H3. The van der Waals surface area contributed by atoms with Crippen molar-refractivity contribution in [1.82, 2.24) is 0 Å². The predicted molar refractivity (Wildman–Crippen MR) is 56.3 cm³/mol. The Kier molecular flexibility index (Phi) is 1.34. The van der Waals surface area contributed by atoms with Crippen molar-refractivity contribution in [2.24, 2.45) is 23.7 Å². The summed E-state index contributed by atoms with van der Waals surface area (Å²) in [6.07, 6.45) is 2.92. The monoisotopic (exact) mass is 196 g/mol. The predicted octanol–water partition coefficient (Wildman–Crippen LogP) is 2.34. The minimum absolute atomic E-state index is 0.474. The van der Waals surface area contributed by atoms with Crippen molar-refractivity contribution in [3.63, 3.8) is 0 Å². The molecule has 2 heteroatoms. The molecule has 0 radical (unpaired) electrons. The van der Waals surface area contributed by atoms with E-state index in [9.17, 15) is 5.11 Å². The first-order valence-electron chi connectivity index (χ1n) is 5.64. The zero-order valence-electron chi connectivity index (χ0n) is 8.88. The summed E-state index contributed by atoms with van der Waals surface area (Å²) in [5.41, 5.74) is 0. The first-order valence-corrected chi connectivity index (χ1v) is 9.14. The molecule has 4 bridgehead atoms. The molecule has 4 fully saturated rings. The maximum Gasteiger partial charge on any atom is 0.0517 e. The molecule has 1 N–H and O–H groups in total. The molecule has 0 heterocycles. The van der Waals surface area contributed by atoms with E-state index in [0.717, 1.165) is 17.8 Å². The van der Waals surface area contributed by atoms with Crippen LogP contribution in [0, 0.1) is 23.7 Å². The molecule has 3 atom stereocenters. The number of aliphatic hydroxyl groups is 1. The SMILES string of the molecule is C[Si](C)(C)C12C(CO)C3CC1C2C3. The largest absolute Gasteiger partial charge is 0.396 e. The van der Waals surface area contributed by atoms with Gasteiger partial charge in [0.25, 0.3) is 0 Å². The Balaban J connectivity index is 2.02. The van der Waals surface area contributed by atoms with Crippen LogP contribution in [0.25, 0.3) is 0 Å². The van der Waals surface area contributed by atoms with E-state index in [2.05, 4.69) is 19.6 Å². The van der Waals surface area contributed by atoms with Gasteiger partial charge >= 0.3 is 0 Å². The molecule has 0 aliphatic heterocycles. The number of rotatable bonds is 2. The van der Waals surface area contributed by atoms with Crippen LogP contribution < -0.4 is 0 Å². The van der Waals surface area contributed by atoms with Crippen LogP contribution in [0.3, 0.4) is 0 Å². The van der Waals surface area contributed by atoms with Gasteiger partial charge in [-0.1, -0.05) is 19.6 Å². The van der Waals surface area contributed by atoms with Crippen molar-refractivity contribution in [1.29, 1.82) is 0 Å². The summed E-state index contributed by atoms with van der Waals surface area (Å²) < 4.78 is 0. The van der Waals surface area contributed by atoms with Crippen LogP contribution in [-0.2, 0) is 0 Å². The second-order valence-electron chi connectivity index (χ2n) is 6.42. The van der Waals surface area contributed by atoms with Crippen molar-refractivity contribution in [3.05, 3.63) is 0 Å². The zero-order valence-corrected chi connectivity index (χ0v) is 9.88. The normalized spacial score (nSPS) is 57.2. The average molecular weight is 196 g/mol. The molecule has 4 saturated carbocycles. The van der Waals surface area contributed by atoms with Gasteiger partial charge in [-0.2, -0.15) is 0 Å². The lowest BCUT2D eigenvalue weighted by Crippen LogP contribution is -2.36. The highest BCUT2D eigenvalue weighted by Crippen LogP contribution is 2.89. The summed E-state index contributed by atoms with van der Waals surface area (Å²) in [7, 11) is -1.04. The maximum atomic E-state index is 9.51. The molecule has 4 aliphatic rings. The lowest BCUT2D eigenvalue weighted by atomic mass is 9.99. The van der Waals surface area contributed by atoms with Crippen molar-refractivity contribution >= 4 is 8.07 Å². The molecule has 0 spiro atoms. The quantitative estimate of drug-likeness (QED) is 0.672. The third-order valence-electron chi connectivity index (χ3n) is 5.40. The van der Waals surface area contributed by atoms with E-state index in [1.807, 2.05) is 0 Å². The van der Waals surface area contributed by atoms with E-state index in [-0.39, 0.29) is 0 Å². The van der Waals surface area contributed by atoms with E-state index in [0.29, 0.717) is 17.6 Å². The van der Waals surface area contributed by atoms with Crippen LogP contribution in [0.1, 0.15) is 12.8 Å². The molecule has 0 amide bonds. The second-order valence-corrected chi connectivity index (χ2v) is 11.8. The van der Waals surface area contributed by atoms with Gasteiger partial charge in [0, 0.05) is 6.61 Å². The van der Waals surface area contributed by atoms with E-state index in [1.54, 1.807) is 0 Å². The van der Waals surface area contributed by atoms with Crippen LogP contribution in [0.2, 0.25) is 24.7 Å². The molecule has 3 unspecified atom stereocenters. The molecule has 4 rings (SSSR count). The third-order valence-corrected chi connectivity index (χ3v) is 9.11. The Hall–Kier alpha value is 0.177. The van der Waals surface area contributed by atoms with E-state index >= 15 is 0 Å². The molecule has 1 nitrogen and oxygen atoms in total. The van der Waals surface area contributed by atoms with Gasteiger partial charge in [0.15, 0.2) is 0 Å². The minimum atomic E-state index is -1.04. The van der Waals surface area contributed by atoms with Gasteiger partial charge < -0.3 is 5.11 Å². The molecule has 0 saturated heterocycles. The lowest BCUT2D eigenvalue weighted by Gasteiger charge is -2.33. The van der Waals surface area contributed by atoms with Gasteiger partial charge in [-0.25, -0.2) is 0 Å². The summed E-state index contributed by atoms with van der Waals surface area (Å²) in [4.78, 5) is 0. The molecule has 0 aromatic rings. The summed E-state index contributed by atoms with van der Waals surface area (Å²) in [6.45, 7) is 8.00. The molecule has 74 valence electrons. The van der Waals surface area contributed by atoms with Gasteiger partial charge in [0.2, 0.25) is 0 Å². The maximum absolute atomic E-state index is 9.51. The van der Waals surface area contributed by atoms with Gasteiger partial charge in [-0.05, 0) is 41.6 Å². The zero-order chi connectivity index (χ0) is 9.43. The van der Waals surface area contributed by atoms with Crippen molar-refractivity contribution in [2.45, 2.75) is 37.5 Å². The first kappa shape index (κ1) is 8.48. The van der Waals surface area contributed by atoms with Crippen LogP contribution in [0.5, 0.6) is 0 Å². The van der Waals surface area contributed by atoms with Crippen LogP contribution >= 0.6 is 0 Å². The molecule has 13 heavy (non-hydrogen) atoms. The highest BCUT2D eigenvalue weighted by Gasteiger charge is 2.82. The number of aliphatic hydroxyl groups excluding tert-OH is 1. The van der Waals surface area contributed by atoms with Crippen molar-refractivity contribution in [3.8, 4) is 0 Å². The van der Waals surface area contributed by atoms with Gasteiger partial charge in [-0.15, -0.1) is 0 Å². The Labute approximate surface area is 81.5 Å². The fraction of sp³-hybridized carbons (Fsp3) is 1.00. The molecule has 4 aliphatic carbocycles. The number of hydrogen-bond acceptors (Lipinski definition) is 1. The van der Waals surface area contributed by atoms with Gasteiger partial charge in [0.1, 0.15) is 0 Å². The minimum Gasteiger partial charge on any atom is -0.396 e. The molecular weight excluding hydrogens is 176 g/mol. The summed E-state index contributed by atoms with van der Waals surface area (Å²) in [5.74, 6) is 3.70. The van der Waals surface area contributed by atoms with Gasteiger partial charge in [-0.3, -0.25) is 0 Å². The lowest BCUT2D eigenvalue weighted by molar-refractivity contribution is 0.198. The van der Waals surface area contributed by atoms with Crippen molar-refractivity contribution in [2.75, 3.05) is 6.61 Å².